The van der Waals surface area contributed by atoms with Gasteiger partial charge in [0.2, 0.25) is 11.8 Å². The average molecular weight is 266 g/mol. The monoisotopic (exact) mass is 266 g/mol. The minimum Gasteiger partial charge on any atom is -0.345 e. The maximum Gasteiger partial charge on any atom is 0.390 e. The Labute approximate surface area is 104 Å². The van der Waals surface area contributed by atoms with Gasteiger partial charge in [-0.05, 0) is 12.3 Å². The minimum atomic E-state index is -4.32. The first-order valence-electron chi connectivity index (χ1n) is 5.84. The molecule has 0 aliphatic carbocycles. The van der Waals surface area contributed by atoms with Gasteiger partial charge in [0.1, 0.15) is 6.04 Å². The Bertz CT molecular complexity index is 329. The van der Waals surface area contributed by atoms with Crippen LogP contribution in [-0.2, 0) is 9.59 Å². The van der Waals surface area contributed by atoms with Crippen molar-refractivity contribution in [2.24, 2.45) is 5.92 Å². The third-order valence-electron chi connectivity index (χ3n) is 2.74. The van der Waals surface area contributed by atoms with E-state index in [-0.39, 0.29) is 18.4 Å². The molecule has 1 rings (SSSR count). The Morgan fingerprint density at radius 2 is 2.00 bits per heavy atom. The molecular weight excluding hydrogens is 249 g/mol. The molecule has 104 valence electrons. The molecule has 1 saturated heterocycles. The van der Waals surface area contributed by atoms with Crippen molar-refractivity contribution in [3.63, 3.8) is 0 Å². The van der Waals surface area contributed by atoms with Crippen LogP contribution in [0.4, 0.5) is 13.2 Å². The van der Waals surface area contributed by atoms with Crippen LogP contribution in [0.15, 0.2) is 0 Å². The fourth-order valence-corrected chi connectivity index (χ4v) is 1.91. The van der Waals surface area contributed by atoms with Gasteiger partial charge in [-0.2, -0.15) is 13.2 Å². The molecule has 1 unspecified atom stereocenters. The van der Waals surface area contributed by atoms with E-state index in [0.717, 1.165) is 4.90 Å². The fraction of sp³-hybridized carbons (Fsp3) is 0.818. The Kier molecular flexibility index (Phi) is 4.59. The Morgan fingerprint density at radius 1 is 1.39 bits per heavy atom. The van der Waals surface area contributed by atoms with Gasteiger partial charge in [-0.3, -0.25) is 9.59 Å². The van der Waals surface area contributed by atoms with E-state index in [4.69, 9.17) is 0 Å². The first-order chi connectivity index (χ1) is 8.20. The predicted octanol–water partition coefficient (Wildman–Crippen LogP) is 1.31. The van der Waals surface area contributed by atoms with Crippen molar-refractivity contribution in [1.82, 2.24) is 10.2 Å². The number of carbonyl (C=O) groups excluding carboxylic acids is 2. The molecule has 0 bridgehead atoms. The number of alkyl halides is 3. The standard InChI is InChI=1S/C11H17F3N2O2/c1-7(2)5-8-10(18)15-6-9(17)16(8)4-3-11(12,13)14/h7-8H,3-6H2,1-2H3,(H,15,18). The SMILES string of the molecule is CC(C)CC1C(=O)NCC(=O)N1CCC(F)(F)F. The molecule has 4 nitrogen and oxygen atoms in total. The summed E-state index contributed by atoms with van der Waals surface area (Å²) < 4.78 is 36.6. The Hall–Kier alpha value is -1.27. The van der Waals surface area contributed by atoms with E-state index in [1.165, 1.54) is 0 Å². The van der Waals surface area contributed by atoms with E-state index in [1.807, 2.05) is 13.8 Å². The molecule has 0 aromatic rings. The second-order valence-corrected chi connectivity index (χ2v) is 4.82. The molecule has 1 aliphatic heterocycles. The minimum absolute atomic E-state index is 0.125. The number of piperazine rings is 1. The van der Waals surface area contributed by atoms with Crippen molar-refractivity contribution in [2.45, 2.75) is 38.9 Å². The van der Waals surface area contributed by atoms with Crippen LogP contribution < -0.4 is 5.32 Å². The molecule has 1 heterocycles. The molecule has 7 heteroatoms. The second-order valence-electron chi connectivity index (χ2n) is 4.82. The Morgan fingerprint density at radius 3 is 2.50 bits per heavy atom. The molecule has 1 N–H and O–H groups in total. The lowest BCUT2D eigenvalue weighted by Gasteiger charge is -2.36. The zero-order valence-corrected chi connectivity index (χ0v) is 10.4. The van der Waals surface area contributed by atoms with Crippen LogP contribution in [0.1, 0.15) is 26.7 Å². The number of halogens is 3. The predicted molar refractivity (Wildman–Crippen MR) is 58.6 cm³/mol. The number of rotatable bonds is 4. The van der Waals surface area contributed by atoms with Crippen LogP contribution >= 0.6 is 0 Å². The van der Waals surface area contributed by atoms with Crippen molar-refractivity contribution < 1.29 is 22.8 Å². The van der Waals surface area contributed by atoms with Crippen LogP contribution in [0.25, 0.3) is 0 Å². The number of hydrogen-bond donors (Lipinski definition) is 1. The number of nitrogens with zero attached hydrogens (tertiary/aromatic N) is 1. The van der Waals surface area contributed by atoms with Crippen molar-refractivity contribution in [2.75, 3.05) is 13.1 Å². The summed E-state index contributed by atoms with van der Waals surface area (Å²) in [5.41, 5.74) is 0. The fourth-order valence-electron chi connectivity index (χ4n) is 1.91. The maximum atomic E-state index is 12.2. The molecule has 1 aliphatic rings. The molecule has 0 saturated carbocycles. The van der Waals surface area contributed by atoms with E-state index in [9.17, 15) is 22.8 Å². The van der Waals surface area contributed by atoms with Crippen LogP contribution in [0.2, 0.25) is 0 Å². The van der Waals surface area contributed by atoms with Crippen molar-refractivity contribution in [3.05, 3.63) is 0 Å². The summed E-state index contributed by atoms with van der Waals surface area (Å²) in [7, 11) is 0. The van der Waals surface area contributed by atoms with Crippen molar-refractivity contribution in [1.29, 1.82) is 0 Å². The summed E-state index contributed by atoms with van der Waals surface area (Å²) in [6.07, 6.45) is -5.04. The summed E-state index contributed by atoms with van der Waals surface area (Å²) in [6, 6.07) is -0.784. The lowest BCUT2D eigenvalue weighted by Crippen LogP contribution is -2.59. The summed E-state index contributed by atoms with van der Waals surface area (Å²) >= 11 is 0. The molecule has 2 amide bonds. The van der Waals surface area contributed by atoms with E-state index in [0.29, 0.717) is 6.42 Å². The lowest BCUT2D eigenvalue weighted by atomic mass is 9.99. The topological polar surface area (TPSA) is 49.4 Å². The highest BCUT2D eigenvalue weighted by atomic mass is 19.4. The lowest BCUT2D eigenvalue weighted by molar-refractivity contribution is -0.155. The van der Waals surface area contributed by atoms with Gasteiger partial charge >= 0.3 is 6.18 Å². The molecular formula is C11H17F3N2O2. The number of hydrogen-bond acceptors (Lipinski definition) is 2. The van der Waals surface area contributed by atoms with Gasteiger partial charge in [0.05, 0.1) is 13.0 Å². The molecule has 0 spiro atoms. The van der Waals surface area contributed by atoms with E-state index < -0.39 is 31.1 Å². The van der Waals surface area contributed by atoms with E-state index in [1.54, 1.807) is 0 Å². The molecule has 0 aromatic carbocycles. The van der Waals surface area contributed by atoms with E-state index in [2.05, 4.69) is 5.32 Å². The molecule has 1 atom stereocenters. The van der Waals surface area contributed by atoms with Gasteiger partial charge in [-0.1, -0.05) is 13.8 Å². The maximum absolute atomic E-state index is 12.2. The quantitative estimate of drug-likeness (QED) is 0.834. The first kappa shape index (κ1) is 14.8. The van der Waals surface area contributed by atoms with Gasteiger partial charge in [0, 0.05) is 6.54 Å². The van der Waals surface area contributed by atoms with Gasteiger partial charge < -0.3 is 10.2 Å². The first-order valence-corrected chi connectivity index (χ1v) is 5.84. The van der Waals surface area contributed by atoms with Crippen LogP contribution in [0.5, 0.6) is 0 Å². The van der Waals surface area contributed by atoms with Crippen molar-refractivity contribution >= 4 is 11.8 Å². The molecule has 0 radical (unpaired) electrons. The number of amides is 2. The van der Waals surface area contributed by atoms with Crippen LogP contribution in [0, 0.1) is 5.92 Å². The normalized spacial score (nSPS) is 21.4. The van der Waals surface area contributed by atoms with Gasteiger partial charge in [-0.15, -0.1) is 0 Å². The zero-order valence-electron chi connectivity index (χ0n) is 10.4. The molecule has 0 aromatic heterocycles. The van der Waals surface area contributed by atoms with Crippen molar-refractivity contribution in [3.8, 4) is 0 Å². The molecule has 1 fully saturated rings. The summed E-state index contributed by atoms with van der Waals surface area (Å²) in [5.74, 6) is -0.699. The zero-order chi connectivity index (χ0) is 13.9. The third kappa shape index (κ3) is 4.19. The summed E-state index contributed by atoms with van der Waals surface area (Å²) in [4.78, 5) is 24.3. The summed E-state index contributed by atoms with van der Waals surface area (Å²) in [6.45, 7) is 3.04. The highest BCUT2D eigenvalue weighted by Gasteiger charge is 2.37. The average Bonchev–Trinajstić information content (AvgIpc) is 2.20. The van der Waals surface area contributed by atoms with Gasteiger partial charge in [0.25, 0.3) is 0 Å². The molecule has 18 heavy (non-hydrogen) atoms. The highest BCUT2D eigenvalue weighted by molar-refractivity contribution is 5.94. The Balaban J connectivity index is 2.73. The highest BCUT2D eigenvalue weighted by Crippen LogP contribution is 2.22. The largest absolute Gasteiger partial charge is 0.390 e. The number of carbonyl (C=O) groups is 2. The third-order valence-corrected chi connectivity index (χ3v) is 2.74. The van der Waals surface area contributed by atoms with E-state index >= 15 is 0 Å². The van der Waals surface area contributed by atoms with Gasteiger partial charge in [0.15, 0.2) is 0 Å². The second kappa shape index (κ2) is 5.58. The number of nitrogens with one attached hydrogen (secondary N) is 1. The summed E-state index contributed by atoms with van der Waals surface area (Å²) in [5, 5.41) is 2.40. The van der Waals surface area contributed by atoms with Gasteiger partial charge in [-0.25, -0.2) is 0 Å². The van der Waals surface area contributed by atoms with Crippen LogP contribution in [-0.4, -0.2) is 42.0 Å². The smallest absolute Gasteiger partial charge is 0.345 e. The van der Waals surface area contributed by atoms with Crippen LogP contribution in [0.3, 0.4) is 0 Å².